The van der Waals surface area contributed by atoms with Crippen molar-refractivity contribution < 1.29 is 28.6 Å². The molecule has 0 spiro atoms. The van der Waals surface area contributed by atoms with E-state index in [0.29, 0.717) is 13.0 Å². The van der Waals surface area contributed by atoms with Crippen LogP contribution in [0.25, 0.3) is 0 Å². The van der Waals surface area contributed by atoms with E-state index < -0.39 is 24.0 Å². The summed E-state index contributed by atoms with van der Waals surface area (Å²) in [5.41, 5.74) is 0. The highest BCUT2D eigenvalue weighted by Gasteiger charge is 2.31. The maximum atomic E-state index is 13.7. The number of morpholine rings is 1. The van der Waals surface area contributed by atoms with Gasteiger partial charge in [-0.2, -0.15) is 0 Å². The Labute approximate surface area is 133 Å². The van der Waals surface area contributed by atoms with E-state index in [-0.39, 0.29) is 31.2 Å². The molecular formula is C16H20FNO5. The number of aliphatic carboxylic acids is 1. The van der Waals surface area contributed by atoms with Gasteiger partial charge in [0.1, 0.15) is 0 Å². The summed E-state index contributed by atoms with van der Waals surface area (Å²) in [7, 11) is 0. The third-order valence-corrected chi connectivity index (χ3v) is 3.60. The van der Waals surface area contributed by atoms with Gasteiger partial charge in [-0.15, -0.1) is 0 Å². The van der Waals surface area contributed by atoms with Gasteiger partial charge < -0.3 is 19.5 Å². The molecule has 2 rings (SSSR count). The molecule has 2 atom stereocenters. The van der Waals surface area contributed by atoms with Crippen molar-refractivity contribution in [2.24, 2.45) is 0 Å². The molecule has 1 N–H and O–H groups in total. The van der Waals surface area contributed by atoms with Gasteiger partial charge in [-0.25, -0.2) is 4.39 Å². The predicted molar refractivity (Wildman–Crippen MR) is 79.7 cm³/mol. The van der Waals surface area contributed by atoms with Gasteiger partial charge in [0.05, 0.1) is 19.1 Å². The SMILES string of the molecule is CCC(Oc1ccccc1F)C(=O)N1CCOC(CC(=O)O)C1. The Bertz CT molecular complexity index is 565. The van der Waals surface area contributed by atoms with E-state index in [2.05, 4.69) is 0 Å². The number of carbonyl (C=O) groups excluding carboxylic acids is 1. The minimum atomic E-state index is -0.973. The van der Waals surface area contributed by atoms with Crippen molar-refractivity contribution in [1.29, 1.82) is 0 Å². The molecule has 6 nitrogen and oxygen atoms in total. The van der Waals surface area contributed by atoms with E-state index in [0.717, 1.165) is 0 Å². The van der Waals surface area contributed by atoms with Crippen LogP contribution in [0.1, 0.15) is 19.8 Å². The summed E-state index contributed by atoms with van der Waals surface area (Å²) >= 11 is 0. The normalized spacial score (nSPS) is 19.2. The molecule has 1 aliphatic heterocycles. The monoisotopic (exact) mass is 325 g/mol. The van der Waals surface area contributed by atoms with E-state index in [1.807, 2.05) is 0 Å². The summed E-state index contributed by atoms with van der Waals surface area (Å²) in [5.74, 6) is -1.75. The molecule has 7 heteroatoms. The topological polar surface area (TPSA) is 76.1 Å². The van der Waals surface area contributed by atoms with E-state index in [9.17, 15) is 14.0 Å². The number of rotatable bonds is 6. The van der Waals surface area contributed by atoms with E-state index in [4.69, 9.17) is 14.6 Å². The first kappa shape index (κ1) is 17.2. The van der Waals surface area contributed by atoms with Crippen molar-refractivity contribution in [2.45, 2.75) is 32.0 Å². The number of halogens is 1. The lowest BCUT2D eigenvalue weighted by Crippen LogP contribution is -2.50. The zero-order valence-electron chi connectivity index (χ0n) is 12.9. The van der Waals surface area contributed by atoms with Crippen LogP contribution in [0.3, 0.4) is 0 Å². The number of carboxylic acid groups (broad SMARTS) is 1. The lowest BCUT2D eigenvalue weighted by atomic mass is 10.1. The second-order valence-electron chi connectivity index (χ2n) is 5.32. The summed E-state index contributed by atoms with van der Waals surface area (Å²) in [6, 6.07) is 5.92. The molecule has 1 aliphatic rings. The average Bonchev–Trinajstić information content (AvgIpc) is 2.53. The molecule has 0 bridgehead atoms. The summed E-state index contributed by atoms with van der Waals surface area (Å²) in [4.78, 5) is 24.8. The molecular weight excluding hydrogens is 305 g/mol. The smallest absolute Gasteiger partial charge is 0.306 e. The minimum absolute atomic E-state index is 0.0306. The van der Waals surface area contributed by atoms with Crippen molar-refractivity contribution in [3.8, 4) is 5.75 Å². The Morgan fingerprint density at radius 1 is 1.48 bits per heavy atom. The van der Waals surface area contributed by atoms with Gasteiger partial charge in [0.2, 0.25) is 0 Å². The Balaban J connectivity index is 2.01. The fourth-order valence-electron chi connectivity index (χ4n) is 2.44. The van der Waals surface area contributed by atoms with Crippen LogP contribution in [0.4, 0.5) is 4.39 Å². The molecule has 2 unspecified atom stereocenters. The average molecular weight is 325 g/mol. The van der Waals surface area contributed by atoms with Crippen LogP contribution in [0.2, 0.25) is 0 Å². The Hall–Kier alpha value is -2.15. The van der Waals surface area contributed by atoms with Crippen LogP contribution in [0, 0.1) is 5.82 Å². The fraction of sp³-hybridized carbons (Fsp3) is 0.500. The third-order valence-electron chi connectivity index (χ3n) is 3.60. The molecule has 1 aromatic rings. The van der Waals surface area contributed by atoms with Crippen LogP contribution < -0.4 is 4.74 Å². The first-order valence-electron chi connectivity index (χ1n) is 7.54. The van der Waals surface area contributed by atoms with E-state index >= 15 is 0 Å². The molecule has 0 saturated carbocycles. The molecule has 1 aromatic carbocycles. The third kappa shape index (κ3) is 4.66. The first-order chi connectivity index (χ1) is 11.0. The number of hydrogen-bond donors (Lipinski definition) is 1. The number of hydrogen-bond acceptors (Lipinski definition) is 4. The van der Waals surface area contributed by atoms with Crippen molar-refractivity contribution in [1.82, 2.24) is 4.90 Å². The van der Waals surface area contributed by atoms with Crippen LogP contribution in [-0.2, 0) is 14.3 Å². The molecule has 126 valence electrons. The Morgan fingerprint density at radius 3 is 2.87 bits per heavy atom. The van der Waals surface area contributed by atoms with Crippen LogP contribution in [0.5, 0.6) is 5.75 Å². The fourth-order valence-corrected chi connectivity index (χ4v) is 2.44. The van der Waals surface area contributed by atoms with Gasteiger partial charge in [0.15, 0.2) is 17.7 Å². The standard InChI is InChI=1S/C16H20FNO5/c1-2-13(23-14-6-4-3-5-12(14)17)16(21)18-7-8-22-11(10-18)9-15(19)20/h3-6,11,13H,2,7-10H2,1H3,(H,19,20). The molecule has 0 aliphatic carbocycles. The summed E-state index contributed by atoms with van der Waals surface area (Å²) in [6.45, 7) is 2.62. The highest BCUT2D eigenvalue weighted by Crippen LogP contribution is 2.20. The summed E-state index contributed by atoms with van der Waals surface area (Å²) in [6.07, 6.45) is -1.12. The number of carbonyl (C=O) groups is 2. The second-order valence-corrected chi connectivity index (χ2v) is 5.32. The summed E-state index contributed by atoms with van der Waals surface area (Å²) < 4.78 is 24.5. The Morgan fingerprint density at radius 2 is 2.22 bits per heavy atom. The molecule has 0 aromatic heterocycles. The van der Waals surface area contributed by atoms with Crippen molar-refractivity contribution in [2.75, 3.05) is 19.7 Å². The number of amides is 1. The molecule has 23 heavy (non-hydrogen) atoms. The maximum Gasteiger partial charge on any atom is 0.306 e. The first-order valence-corrected chi connectivity index (χ1v) is 7.54. The van der Waals surface area contributed by atoms with Gasteiger partial charge in [-0.05, 0) is 18.6 Å². The molecule has 1 amide bonds. The van der Waals surface area contributed by atoms with Gasteiger partial charge in [-0.1, -0.05) is 19.1 Å². The number of ether oxygens (including phenoxy) is 2. The molecule has 1 heterocycles. The highest BCUT2D eigenvalue weighted by atomic mass is 19.1. The van der Waals surface area contributed by atoms with Gasteiger partial charge in [0.25, 0.3) is 5.91 Å². The minimum Gasteiger partial charge on any atom is -0.481 e. The number of benzene rings is 1. The predicted octanol–water partition coefficient (Wildman–Crippen LogP) is 1.69. The molecule has 1 fully saturated rings. The largest absolute Gasteiger partial charge is 0.481 e. The lowest BCUT2D eigenvalue weighted by molar-refractivity contribution is -0.151. The van der Waals surface area contributed by atoms with Gasteiger partial charge >= 0.3 is 5.97 Å². The zero-order valence-corrected chi connectivity index (χ0v) is 12.9. The van der Waals surface area contributed by atoms with Crippen molar-refractivity contribution in [3.63, 3.8) is 0 Å². The quantitative estimate of drug-likeness (QED) is 0.861. The number of nitrogens with zero attached hydrogens (tertiary/aromatic N) is 1. The van der Waals surface area contributed by atoms with Crippen LogP contribution in [0.15, 0.2) is 24.3 Å². The molecule has 0 radical (unpaired) electrons. The van der Waals surface area contributed by atoms with Crippen molar-refractivity contribution >= 4 is 11.9 Å². The molecule has 1 saturated heterocycles. The number of para-hydroxylation sites is 1. The van der Waals surface area contributed by atoms with E-state index in [1.54, 1.807) is 19.1 Å². The van der Waals surface area contributed by atoms with Gasteiger partial charge in [-0.3, -0.25) is 9.59 Å². The lowest BCUT2D eigenvalue weighted by Gasteiger charge is -2.34. The maximum absolute atomic E-state index is 13.7. The highest BCUT2D eigenvalue weighted by molar-refractivity contribution is 5.81. The van der Waals surface area contributed by atoms with Gasteiger partial charge in [0, 0.05) is 13.1 Å². The zero-order chi connectivity index (χ0) is 16.8. The van der Waals surface area contributed by atoms with Crippen molar-refractivity contribution in [3.05, 3.63) is 30.1 Å². The Kier molecular flexibility index (Phi) is 5.92. The number of carboxylic acids is 1. The van der Waals surface area contributed by atoms with Crippen LogP contribution in [-0.4, -0.2) is 53.8 Å². The second kappa shape index (κ2) is 7.92. The summed E-state index contributed by atoms with van der Waals surface area (Å²) in [5, 5.41) is 8.82. The van der Waals surface area contributed by atoms with Crippen LogP contribution >= 0.6 is 0 Å². The van der Waals surface area contributed by atoms with E-state index in [1.165, 1.54) is 17.0 Å².